The number of rotatable bonds is 6. The van der Waals surface area contributed by atoms with E-state index in [1.54, 1.807) is 0 Å². The molecule has 6 aromatic rings. The van der Waals surface area contributed by atoms with Crippen LogP contribution < -0.4 is 0 Å². The fourth-order valence-electron chi connectivity index (χ4n) is 7.38. The van der Waals surface area contributed by atoms with E-state index >= 15 is 0 Å². The van der Waals surface area contributed by atoms with Gasteiger partial charge >= 0.3 is 0 Å². The van der Waals surface area contributed by atoms with Crippen molar-refractivity contribution in [2.45, 2.75) is 36.0 Å². The standard InChI is InChI=1S/C38H34N4Si/c1-43(2)37(33-23-13-21-31(41-33)29-19-9-11-25-39-29)35(27-15-5-3-6-16-27)36(28-17-7-4-8-18-28)38(43)34-24-14-22-32(42-34)30-20-10-12-26-40-30/h3-26,35-38H,1-2H3. The van der Waals surface area contributed by atoms with Gasteiger partial charge in [0.2, 0.25) is 0 Å². The van der Waals surface area contributed by atoms with Gasteiger partial charge in [0.1, 0.15) is 0 Å². The van der Waals surface area contributed by atoms with Crippen LogP contribution in [-0.4, -0.2) is 28.0 Å². The third kappa shape index (κ3) is 5.10. The number of pyridine rings is 4. The molecule has 4 atom stereocenters. The van der Waals surface area contributed by atoms with Gasteiger partial charge in [-0.2, -0.15) is 0 Å². The van der Waals surface area contributed by atoms with Crippen LogP contribution in [0.3, 0.4) is 0 Å². The van der Waals surface area contributed by atoms with Gasteiger partial charge in [0, 0.05) is 34.9 Å². The molecule has 210 valence electrons. The smallest absolute Gasteiger partial charge is 0.0889 e. The Morgan fingerprint density at radius 3 is 1.21 bits per heavy atom. The van der Waals surface area contributed by atoms with Gasteiger partial charge in [-0.1, -0.05) is 98.0 Å². The predicted molar refractivity (Wildman–Crippen MR) is 176 cm³/mol. The quantitative estimate of drug-likeness (QED) is 0.187. The summed E-state index contributed by atoms with van der Waals surface area (Å²) >= 11 is 0. The second kappa shape index (κ2) is 11.5. The molecule has 0 saturated carbocycles. The zero-order chi connectivity index (χ0) is 29.2. The predicted octanol–water partition coefficient (Wildman–Crippen LogP) is 8.84. The minimum Gasteiger partial charge on any atom is -0.255 e. The fourth-order valence-corrected chi connectivity index (χ4v) is 12.3. The molecule has 0 aliphatic carbocycles. The van der Waals surface area contributed by atoms with Crippen LogP contribution in [0.5, 0.6) is 0 Å². The van der Waals surface area contributed by atoms with E-state index in [1.165, 1.54) is 11.1 Å². The van der Waals surface area contributed by atoms with Gasteiger partial charge in [0.25, 0.3) is 0 Å². The molecule has 7 rings (SSSR count). The first-order valence-electron chi connectivity index (χ1n) is 15.0. The maximum atomic E-state index is 5.36. The van der Waals surface area contributed by atoms with Crippen molar-refractivity contribution in [3.05, 3.63) is 168 Å². The first-order chi connectivity index (χ1) is 21.1. The summed E-state index contributed by atoms with van der Waals surface area (Å²) in [6, 6.07) is 47.1. The van der Waals surface area contributed by atoms with Crippen molar-refractivity contribution in [3.63, 3.8) is 0 Å². The Balaban J connectivity index is 1.45. The molecule has 1 saturated heterocycles. The summed E-state index contributed by atoms with van der Waals surface area (Å²) in [5.41, 5.74) is 9.18. The van der Waals surface area contributed by atoms with E-state index in [0.717, 1.165) is 34.2 Å². The average Bonchev–Trinajstić information content (AvgIpc) is 3.33. The fraction of sp³-hybridized carbons (Fsp3) is 0.158. The Kier molecular flexibility index (Phi) is 7.25. The van der Waals surface area contributed by atoms with Crippen molar-refractivity contribution in [1.82, 2.24) is 19.9 Å². The molecule has 1 aliphatic heterocycles. The van der Waals surface area contributed by atoms with E-state index < -0.39 is 8.07 Å². The van der Waals surface area contributed by atoms with E-state index in [1.807, 2.05) is 48.8 Å². The van der Waals surface area contributed by atoms with Crippen LogP contribution in [0.25, 0.3) is 22.8 Å². The van der Waals surface area contributed by atoms with Crippen LogP contribution in [0.1, 0.15) is 45.4 Å². The molecule has 5 heterocycles. The molecule has 43 heavy (non-hydrogen) atoms. The Morgan fingerprint density at radius 1 is 0.419 bits per heavy atom. The van der Waals surface area contributed by atoms with Gasteiger partial charge in [-0.15, -0.1) is 0 Å². The summed E-state index contributed by atoms with van der Waals surface area (Å²) in [5.74, 6) is 0.476. The molecule has 4 unspecified atom stereocenters. The van der Waals surface area contributed by atoms with Crippen molar-refractivity contribution < 1.29 is 0 Å². The Labute approximate surface area is 254 Å². The molecule has 0 spiro atoms. The number of hydrogen-bond acceptors (Lipinski definition) is 4. The molecule has 4 nitrogen and oxygen atoms in total. The SMILES string of the molecule is C[Si]1(C)C(c2cccc(-c3ccccn3)n2)C(c2ccccc2)C(c2ccccc2)C1c1cccc(-c2ccccn2)n1. The number of hydrogen-bond donors (Lipinski definition) is 0. The highest BCUT2D eigenvalue weighted by Gasteiger charge is 2.59. The lowest BCUT2D eigenvalue weighted by Gasteiger charge is -2.32. The molecule has 4 aromatic heterocycles. The third-order valence-corrected chi connectivity index (χ3v) is 13.6. The molecule has 0 N–H and O–H groups in total. The lowest BCUT2D eigenvalue weighted by Crippen LogP contribution is -2.38. The second-order valence-electron chi connectivity index (χ2n) is 12.0. The summed E-state index contributed by atoms with van der Waals surface area (Å²) in [5, 5.41) is 0. The van der Waals surface area contributed by atoms with Crippen molar-refractivity contribution >= 4 is 8.07 Å². The Morgan fingerprint density at radius 2 is 0.814 bits per heavy atom. The topological polar surface area (TPSA) is 51.6 Å². The van der Waals surface area contributed by atoms with E-state index in [9.17, 15) is 0 Å². The zero-order valence-corrected chi connectivity index (χ0v) is 25.5. The monoisotopic (exact) mass is 574 g/mol. The van der Waals surface area contributed by atoms with Crippen LogP contribution in [0.2, 0.25) is 13.1 Å². The highest BCUT2D eigenvalue weighted by molar-refractivity contribution is 6.81. The van der Waals surface area contributed by atoms with Crippen LogP contribution in [-0.2, 0) is 0 Å². The lowest BCUT2D eigenvalue weighted by molar-refractivity contribution is 0.544. The molecular weight excluding hydrogens is 541 g/mol. The maximum absolute atomic E-state index is 5.36. The molecule has 0 radical (unpaired) electrons. The highest BCUT2D eigenvalue weighted by atomic mass is 28.3. The largest absolute Gasteiger partial charge is 0.255 e. The highest BCUT2D eigenvalue weighted by Crippen LogP contribution is 2.63. The summed E-state index contributed by atoms with van der Waals surface area (Å²) < 4.78 is 0. The van der Waals surface area contributed by atoms with Gasteiger partial charge in [-0.3, -0.25) is 19.9 Å². The Hall–Kier alpha value is -4.74. The lowest BCUT2D eigenvalue weighted by atomic mass is 9.76. The van der Waals surface area contributed by atoms with Crippen molar-refractivity contribution in [2.75, 3.05) is 0 Å². The van der Waals surface area contributed by atoms with Crippen molar-refractivity contribution in [3.8, 4) is 22.8 Å². The molecule has 1 fully saturated rings. The first-order valence-corrected chi connectivity index (χ1v) is 18.1. The summed E-state index contributed by atoms with van der Waals surface area (Å²) in [7, 11) is -2.19. The number of benzene rings is 2. The number of aromatic nitrogens is 4. The van der Waals surface area contributed by atoms with E-state index in [0.29, 0.717) is 0 Å². The zero-order valence-electron chi connectivity index (χ0n) is 24.5. The normalized spacial score (nSPS) is 21.0. The maximum Gasteiger partial charge on any atom is 0.0889 e. The van der Waals surface area contributed by atoms with Gasteiger partial charge in [0.15, 0.2) is 0 Å². The van der Waals surface area contributed by atoms with Gasteiger partial charge < -0.3 is 0 Å². The van der Waals surface area contributed by atoms with Crippen LogP contribution in [0.15, 0.2) is 146 Å². The third-order valence-electron chi connectivity index (χ3n) is 9.11. The molecular formula is C38H34N4Si. The van der Waals surface area contributed by atoms with Gasteiger partial charge in [-0.25, -0.2) is 0 Å². The minimum absolute atomic E-state index is 0.238. The first kappa shape index (κ1) is 27.1. The summed E-state index contributed by atoms with van der Waals surface area (Å²) in [4.78, 5) is 20.0. The summed E-state index contributed by atoms with van der Waals surface area (Å²) in [6.07, 6.45) is 3.68. The molecule has 1 aliphatic rings. The second-order valence-corrected chi connectivity index (χ2v) is 16.9. The van der Waals surface area contributed by atoms with E-state index in [-0.39, 0.29) is 22.9 Å². The van der Waals surface area contributed by atoms with Gasteiger partial charge in [-0.05, 0) is 71.5 Å². The Bertz CT molecular complexity index is 1680. The molecule has 5 heteroatoms. The molecule has 2 aromatic carbocycles. The molecule has 0 amide bonds. The average molecular weight is 575 g/mol. The van der Waals surface area contributed by atoms with Crippen LogP contribution in [0, 0.1) is 0 Å². The van der Waals surface area contributed by atoms with Crippen LogP contribution >= 0.6 is 0 Å². The number of nitrogens with zero attached hydrogens (tertiary/aromatic N) is 4. The minimum atomic E-state index is -2.19. The van der Waals surface area contributed by atoms with Gasteiger partial charge in [0.05, 0.1) is 30.8 Å². The molecule has 0 bridgehead atoms. The summed E-state index contributed by atoms with van der Waals surface area (Å²) in [6.45, 7) is 5.09. The van der Waals surface area contributed by atoms with E-state index in [2.05, 4.69) is 120 Å². The van der Waals surface area contributed by atoms with E-state index in [4.69, 9.17) is 9.97 Å². The van der Waals surface area contributed by atoms with Crippen molar-refractivity contribution in [1.29, 1.82) is 0 Å². The van der Waals surface area contributed by atoms with Crippen molar-refractivity contribution in [2.24, 2.45) is 0 Å². The van der Waals surface area contributed by atoms with Crippen LogP contribution in [0.4, 0.5) is 0 Å².